The Hall–Kier alpha value is -2.70. The molecule has 150 valence electrons. The van der Waals surface area contributed by atoms with Gasteiger partial charge in [-0.3, -0.25) is 14.4 Å². The Morgan fingerprint density at radius 1 is 1.03 bits per heavy atom. The van der Waals surface area contributed by atoms with Crippen molar-refractivity contribution in [2.45, 2.75) is 31.5 Å². The highest BCUT2D eigenvalue weighted by molar-refractivity contribution is 5.25. The fraction of sp³-hybridized carbons (Fsp3) is 0.391. The zero-order valence-electron chi connectivity index (χ0n) is 16.4. The standard InChI is InChI=1S/C23H26N4O2/c28-16-22-20-11-19(21-6-2-7-23(29)27(21)22)14-25(15-20)12-17-4-1-5-18(10-17)13-26-9-3-8-24-26/h1-10,19-20,22,28H,11-16H2/t19-,20+,22+/m1/s1. The van der Waals surface area contributed by atoms with Crippen molar-refractivity contribution in [2.75, 3.05) is 19.7 Å². The number of aromatic nitrogens is 3. The number of aliphatic hydroxyl groups excluding tert-OH is 1. The number of likely N-dealkylation sites (tertiary alicyclic amines) is 1. The lowest BCUT2D eigenvalue weighted by molar-refractivity contribution is 0.0580. The van der Waals surface area contributed by atoms with Crippen molar-refractivity contribution < 1.29 is 5.11 Å². The number of hydrogen-bond acceptors (Lipinski definition) is 4. The lowest BCUT2D eigenvalue weighted by Crippen LogP contribution is -2.50. The summed E-state index contributed by atoms with van der Waals surface area (Å²) in [7, 11) is 0. The molecule has 3 aromatic rings. The van der Waals surface area contributed by atoms with Crippen molar-refractivity contribution in [1.82, 2.24) is 19.2 Å². The van der Waals surface area contributed by atoms with Gasteiger partial charge in [-0.2, -0.15) is 5.10 Å². The predicted octanol–water partition coefficient (Wildman–Crippen LogP) is 2.25. The first-order valence-electron chi connectivity index (χ1n) is 10.3. The van der Waals surface area contributed by atoms with Crippen molar-refractivity contribution >= 4 is 0 Å². The maximum atomic E-state index is 12.4. The Labute approximate surface area is 170 Å². The van der Waals surface area contributed by atoms with Crippen LogP contribution in [0.2, 0.25) is 0 Å². The molecule has 1 fully saturated rings. The SMILES string of the molecule is O=c1cccc2n1[C@@H](CO)[C@H]1C[C@@H]2CN(Cc2cccc(Cn3cccn3)c2)C1. The van der Waals surface area contributed by atoms with E-state index in [4.69, 9.17) is 0 Å². The second kappa shape index (κ2) is 7.61. The molecule has 6 heteroatoms. The first kappa shape index (κ1) is 18.3. The van der Waals surface area contributed by atoms with Gasteiger partial charge in [-0.25, -0.2) is 0 Å². The summed E-state index contributed by atoms with van der Waals surface area (Å²) in [6.45, 7) is 3.53. The van der Waals surface area contributed by atoms with Gasteiger partial charge >= 0.3 is 0 Å². The molecule has 2 bridgehead atoms. The maximum Gasteiger partial charge on any atom is 0.251 e. The summed E-state index contributed by atoms with van der Waals surface area (Å²) in [6.07, 6.45) is 4.83. The van der Waals surface area contributed by atoms with Gasteiger partial charge in [-0.05, 0) is 35.6 Å². The summed E-state index contributed by atoms with van der Waals surface area (Å²) in [5, 5.41) is 14.3. The third kappa shape index (κ3) is 3.54. The molecule has 2 aliphatic heterocycles. The Kier molecular flexibility index (Phi) is 4.81. The average Bonchev–Trinajstić information content (AvgIpc) is 3.22. The molecule has 29 heavy (non-hydrogen) atoms. The number of fused-ring (bicyclic) bond motifs is 4. The van der Waals surface area contributed by atoms with Crippen LogP contribution in [0.1, 0.15) is 35.2 Å². The van der Waals surface area contributed by atoms with Crippen LogP contribution in [0.25, 0.3) is 0 Å². The number of hydrogen-bond donors (Lipinski definition) is 1. The number of rotatable bonds is 5. The first-order chi connectivity index (χ1) is 14.2. The van der Waals surface area contributed by atoms with E-state index in [1.807, 2.05) is 27.6 Å². The van der Waals surface area contributed by atoms with Crippen LogP contribution in [0.3, 0.4) is 0 Å². The van der Waals surface area contributed by atoms with Crippen LogP contribution in [0.5, 0.6) is 0 Å². The van der Waals surface area contributed by atoms with Crippen LogP contribution in [0.4, 0.5) is 0 Å². The second-order valence-corrected chi connectivity index (χ2v) is 8.32. The fourth-order valence-electron chi connectivity index (χ4n) is 5.17. The molecule has 1 aromatic carbocycles. The van der Waals surface area contributed by atoms with Crippen molar-refractivity contribution in [3.8, 4) is 0 Å². The van der Waals surface area contributed by atoms with E-state index in [1.165, 1.54) is 11.1 Å². The summed E-state index contributed by atoms with van der Waals surface area (Å²) < 4.78 is 3.78. The molecule has 0 saturated carbocycles. The minimum atomic E-state index is -0.121. The van der Waals surface area contributed by atoms with E-state index in [0.717, 1.165) is 38.3 Å². The van der Waals surface area contributed by atoms with Crippen LogP contribution in [-0.2, 0) is 13.1 Å². The topological polar surface area (TPSA) is 63.3 Å². The molecule has 6 nitrogen and oxygen atoms in total. The van der Waals surface area contributed by atoms with Crippen LogP contribution < -0.4 is 5.56 Å². The summed E-state index contributed by atoms with van der Waals surface area (Å²) >= 11 is 0. The predicted molar refractivity (Wildman–Crippen MR) is 111 cm³/mol. The molecule has 1 saturated heterocycles. The monoisotopic (exact) mass is 390 g/mol. The van der Waals surface area contributed by atoms with E-state index in [0.29, 0.717) is 11.8 Å². The van der Waals surface area contributed by atoms with Crippen molar-refractivity contribution in [3.05, 3.63) is 88.1 Å². The molecular formula is C23H26N4O2. The Morgan fingerprint density at radius 3 is 2.66 bits per heavy atom. The van der Waals surface area contributed by atoms with Gasteiger partial charge in [0.2, 0.25) is 0 Å². The zero-order chi connectivity index (χ0) is 19.8. The average molecular weight is 390 g/mol. The number of benzene rings is 1. The van der Waals surface area contributed by atoms with E-state index < -0.39 is 0 Å². The number of pyridine rings is 1. The lowest BCUT2D eigenvalue weighted by Gasteiger charge is -2.46. The van der Waals surface area contributed by atoms with E-state index in [-0.39, 0.29) is 18.2 Å². The highest BCUT2D eigenvalue weighted by atomic mass is 16.3. The van der Waals surface area contributed by atoms with Crippen molar-refractivity contribution in [2.24, 2.45) is 5.92 Å². The summed E-state index contributed by atoms with van der Waals surface area (Å²) in [5.74, 6) is 0.649. The third-order valence-electron chi connectivity index (χ3n) is 6.36. The van der Waals surface area contributed by atoms with Crippen LogP contribution >= 0.6 is 0 Å². The fourth-order valence-corrected chi connectivity index (χ4v) is 5.17. The van der Waals surface area contributed by atoms with Gasteiger partial charge in [0.05, 0.1) is 19.2 Å². The van der Waals surface area contributed by atoms with E-state index >= 15 is 0 Å². The molecule has 3 atom stereocenters. The molecule has 0 amide bonds. The number of nitrogens with zero attached hydrogens (tertiary/aromatic N) is 4. The minimum absolute atomic E-state index is 0.0102. The molecule has 0 aliphatic carbocycles. The normalized spacial score (nSPS) is 23.7. The van der Waals surface area contributed by atoms with E-state index in [2.05, 4.69) is 40.3 Å². The lowest BCUT2D eigenvalue weighted by atomic mass is 9.78. The largest absolute Gasteiger partial charge is 0.394 e. The van der Waals surface area contributed by atoms with Gasteiger partial charge in [0.25, 0.3) is 5.56 Å². The van der Waals surface area contributed by atoms with Gasteiger partial charge in [-0.1, -0.05) is 30.3 Å². The second-order valence-electron chi connectivity index (χ2n) is 8.32. The maximum absolute atomic E-state index is 12.4. The van der Waals surface area contributed by atoms with E-state index in [1.54, 1.807) is 12.3 Å². The first-order valence-corrected chi connectivity index (χ1v) is 10.3. The molecule has 2 aliphatic rings. The molecule has 0 spiro atoms. The minimum Gasteiger partial charge on any atom is -0.394 e. The highest BCUT2D eigenvalue weighted by Gasteiger charge is 2.40. The Bertz CT molecular complexity index is 1040. The molecule has 2 aromatic heterocycles. The van der Waals surface area contributed by atoms with Gasteiger partial charge in [0.15, 0.2) is 0 Å². The van der Waals surface area contributed by atoms with Gasteiger partial charge < -0.3 is 9.67 Å². The van der Waals surface area contributed by atoms with Crippen LogP contribution in [0.15, 0.2) is 65.7 Å². The molecule has 0 radical (unpaired) electrons. The van der Waals surface area contributed by atoms with Crippen LogP contribution in [0, 0.1) is 5.92 Å². The highest BCUT2D eigenvalue weighted by Crippen LogP contribution is 2.41. The summed E-state index contributed by atoms with van der Waals surface area (Å²) in [5.41, 5.74) is 3.62. The molecule has 5 rings (SSSR count). The third-order valence-corrected chi connectivity index (χ3v) is 6.36. The number of piperidine rings is 1. The molecule has 0 unspecified atom stereocenters. The van der Waals surface area contributed by atoms with E-state index in [9.17, 15) is 9.90 Å². The molecule has 4 heterocycles. The Morgan fingerprint density at radius 2 is 1.86 bits per heavy atom. The van der Waals surface area contributed by atoms with Crippen molar-refractivity contribution in [3.63, 3.8) is 0 Å². The van der Waals surface area contributed by atoms with Gasteiger partial charge in [0.1, 0.15) is 0 Å². The summed E-state index contributed by atoms with van der Waals surface area (Å²) in [4.78, 5) is 14.9. The van der Waals surface area contributed by atoms with Crippen molar-refractivity contribution in [1.29, 1.82) is 0 Å². The van der Waals surface area contributed by atoms with Gasteiger partial charge in [-0.15, -0.1) is 0 Å². The quantitative estimate of drug-likeness (QED) is 0.726. The number of aliphatic hydroxyl groups is 1. The van der Waals surface area contributed by atoms with Crippen LogP contribution in [-0.4, -0.2) is 44.1 Å². The molecular weight excluding hydrogens is 364 g/mol. The summed E-state index contributed by atoms with van der Waals surface area (Å²) in [6, 6.07) is 16.0. The van der Waals surface area contributed by atoms with Gasteiger partial charge in [0, 0.05) is 49.7 Å². The zero-order valence-corrected chi connectivity index (χ0v) is 16.4. The molecule has 1 N–H and O–H groups in total. The Balaban J connectivity index is 1.36. The smallest absolute Gasteiger partial charge is 0.251 e.